The van der Waals surface area contributed by atoms with E-state index in [1.807, 2.05) is 20.2 Å². The van der Waals surface area contributed by atoms with Crippen LogP contribution in [0.3, 0.4) is 0 Å². The zero-order chi connectivity index (χ0) is 11.5. The van der Waals surface area contributed by atoms with Crippen molar-refractivity contribution in [3.8, 4) is 0 Å². The van der Waals surface area contributed by atoms with Crippen molar-refractivity contribution in [3.63, 3.8) is 0 Å². The molecule has 0 spiro atoms. The largest absolute Gasteiger partial charge is 0.288 e. The first-order chi connectivity index (χ1) is 7.66. The molecule has 0 fully saturated rings. The van der Waals surface area contributed by atoms with Crippen molar-refractivity contribution in [2.24, 2.45) is 7.05 Å². The van der Waals surface area contributed by atoms with Crippen LogP contribution in [0.25, 0.3) is 6.08 Å². The smallest absolute Gasteiger partial charge is 0.197 e. The van der Waals surface area contributed by atoms with Gasteiger partial charge < -0.3 is 0 Å². The number of thiazole rings is 1. The Kier molecular flexibility index (Phi) is 2.96. The minimum Gasteiger partial charge on any atom is -0.288 e. The van der Waals surface area contributed by atoms with E-state index < -0.39 is 0 Å². The zero-order valence-corrected chi connectivity index (χ0v) is 9.86. The fourth-order valence-electron chi connectivity index (χ4n) is 1.31. The molecule has 2 aromatic heterocycles. The zero-order valence-electron chi connectivity index (χ0n) is 9.04. The monoisotopic (exact) mass is 233 g/mol. The first-order valence-electron chi connectivity index (χ1n) is 4.78. The van der Waals surface area contributed by atoms with Crippen molar-refractivity contribution in [2.75, 3.05) is 0 Å². The topological polar surface area (TPSA) is 47.8 Å². The molecule has 0 aliphatic heterocycles. The Balaban J connectivity index is 2.14. The number of hydrogen-bond acceptors (Lipinski definition) is 4. The van der Waals surface area contributed by atoms with Crippen LogP contribution in [0.4, 0.5) is 0 Å². The van der Waals surface area contributed by atoms with Crippen molar-refractivity contribution < 1.29 is 4.79 Å². The minimum atomic E-state index is -0.0103. The van der Waals surface area contributed by atoms with Gasteiger partial charge in [-0.3, -0.25) is 9.48 Å². The molecular weight excluding hydrogens is 222 g/mol. The molecule has 2 aromatic rings. The fraction of sp³-hybridized carbons (Fsp3) is 0.182. The number of ketones is 1. The molecule has 82 valence electrons. The summed E-state index contributed by atoms with van der Waals surface area (Å²) in [6.45, 7) is 1.83. The van der Waals surface area contributed by atoms with Gasteiger partial charge in [0.1, 0.15) is 0 Å². The Labute approximate surface area is 97.3 Å². The van der Waals surface area contributed by atoms with E-state index in [4.69, 9.17) is 0 Å². The lowest BCUT2D eigenvalue weighted by Crippen LogP contribution is -1.92. The van der Waals surface area contributed by atoms with Gasteiger partial charge in [0, 0.05) is 18.8 Å². The van der Waals surface area contributed by atoms with Gasteiger partial charge in [-0.1, -0.05) is 0 Å². The highest BCUT2D eigenvalue weighted by Crippen LogP contribution is 2.14. The molecule has 0 amide bonds. The van der Waals surface area contributed by atoms with Gasteiger partial charge in [0.15, 0.2) is 5.78 Å². The Hall–Kier alpha value is -1.75. The van der Waals surface area contributed by atoms with Gasteiger partial charge >= 0.3 is 0 Å². The number of nitrogens with zero attached hydrogens (tertiary/aromatic N) is 3. The molecule has 5 heteroatoms. The number of aryl methyl sites for hydroxylation is 2. The average molecular weight is 233 g/mol. The summed E-state index contributed by atoms with van der Waals surface area (Å²) in [6.07, 6.45) is 6.87. The van der Waals surface area contributed by atoms with E-state index in [2.05, 4.69) is 10.1 Å². The third kappa shape index (κ3) is 2.25. The predicted octanol–water partition coefficient (Wildman–Crippen LogP) is 2.08. The molecule has 0 aliphatic carbocycles. The fourth-order valence-corrected chi connectivity index (χ4v) is 2.04. The lowest BCUT2D eigenvalue weighted by atomic mass is 10.2. The highest BCUT2D eigenvalue weighted by molar-refractivity contribution is 7.12. The Bertz CT molecular complexity index is 539. The van der Waals surface area contributed by atoms with Crippen molar-refractivity contribution >= 4 is 23.2 Å². The van der Waals surface area contributed by atoms with Crippen LogP contribution in [0, 0.1) is 6.92 Å². The quantitative estimate of drug-likeness (QED) is 0.602. The van der Waals surface area contributed by atoms with Crippen LogP contribution in [0.15, 0.2) is 24.0 Å². The molecule has 0 unspecified atom stereocenters. The summed E-state index contributed by atoms with van der Waals surface area (Å²) in [4.78, 5) is 16.5. The predicted molar refractivity (Wildman–Crippen MR) is 63.4 cm³/mol. The minimum absolute atomic E-state index is 0.0103. The molecule has 0 saturated heterocycles. The molecule has 2 heterocycles. The van der Waals surface area contributed by atoms with E-state index in [1.54, 1.807) is 28.5 Å². The standard InChI is InChI=1S/C11H11N3OS/c1-8-11(16-7-12-8)10(15)4-3-9-5-13-14(2)6-9/h3-7H,1-2H3/b4-3+. The second-order valence-electron chi connectivity index (χ2n) is 3.41. The van der Waals surface area contributed by atoms with Crippen molar-refractivity contribution in [2.45, 2.75) is 6.92 Å². The van der Waals surface area contributed by atoms with Gasteiger partial charge in [0.25, 0.3) is 0 Å². The first kappa shape index (κ1) is 10.8. The molecule has 0 aromatic carbocycles. The van der Waals surface area contributed by atoms with Gasteiger partial charge in [-0.15, -0.1) is 11.3 Å². The third-order valence-electron chi connectivity index (χ3n) is 2.12. The van der Waals surface area contributed by atoms with Gasteiger partial charge in [-0.25, -0.2) is 4.98 Å². The van der Waals surface area contributed by atoms with Crippen LogP contribution in [-0.4, -0.2) is 20.5 Å². The SMILES string of the molecule is Cc1ncsc1C(=O)/C=C/c1cnn(C)c1. The van der Waals surface area contributed by atoms with E-state index >= 15 is 0 Å². The lowest BCUT2D eigenvalue weighted by molar-refractivity contribution is 0.105. The lowest BCUT2D eigenvalue weighted by Gasteiger charge is -1.90. The van der Waals surface area contributed by atoms with Crippen LogP contribution in [0.5, 0.6) is 0 Å². The molecule has 0 bridgehead atoms. The van der Waals surface area contributed by atoms with E-state index in [0.29, 0.717) is 4.88 Å². The van der Waals surface area contributed by atoms with E-state index in [1.165, 1.54) is 11.3 Å². The number of carbonyl (C=O) groups excluding carboxylic acids is 1. The number of rotatable bonds is 3. The molecule has 4 nitrogen and oxygen atoms in total. The Morgan fingerprint density at radius 3 is 2.94 bits per heavy atom. The van der Waals surface area contributed by atoms with Gasteiger partial charge in [0.2, 0.25) is 0 Å². The summed E-state index contributed by atoms with van der Waals surface area (Å²) in [5.74, 6) is -0.0103. The maximum Gasteiger partial charge on any atom is 0.197 e. The van der Waals surface area contributed by atoms with E-state index in [0.717, 1.165) is 11.3 Å². The first-order valence-corrected chi connectivity index (χ1v) is 5.66. The van der Waals surface area contributed by atoms with Crippen LogP contribution >= 0.6 is 11.3 Å². The molecule has 0 N–H and O–H groups in total. The number of aromatic nitrogens is 3. The second kappa shape index (κ2) is 4.40. The second-order valence-corrected chi connectivity index (χ2v) is 4.27. The number of carbonyl (C=O) groups is 1. The summed E-state index contributed by atoms with van der Waals surface area (Å²) in [5.41, 5.74) is 3.38. The molecular formula is C11H11N3OS. The molecule has 0 atom stereocenters. The van der Waals surface area contributed by atoms with Gasteiger partial charge in [-0.05, 0) is 19.1 Å². The summed E-state index contributed by atoms with van der Waals surface area (Å²) >= 11 is 1.37. The Morgan fingerprint density at radius 2 is 2.38 bits per heavy atom. The van der Waals surface area contributed by atoms with Crippen molar-refractivity contribution in [1.29, 1.82) is 0 Å². The highest BCUT2D eigenvalue weighted by Gasteiger charge is 2.07. The molecule has 16 heavy (non-hydrogen) atoms. The number of allylic oxidation sites excluding steroid dienone is 1. The van der Waals surface area contributed by atoms with Crippen molar-refractivity contribution in [1.82, 2.24) is 14.8 Å². The van der Waals surface area contributed by atoms with Crippen LogP contribution < -0.4 is 0 Å². The summed E-state index contributed by atoms with van der Waals surface area (Å²) in [7, 11) is 1.84. The van der Waals surface area contributed by atoms with Gasteiger partial charge in [-0.2, -0.15) is 5.10 Å². The maximum atomic E-state index is 11.8. The molecule has 0 radical (unpaired) electrons. The molecule has 2 rings (SSSR count). The highest BCUT2D eigenvalue weighted by atomic mass is 32.1. The van der Waals surface area contributed by atoms with Crippen LogP contribution in [0.2, 0.25) is 0 Å². The third-order valence-corrected chi connectivity index (χ3v) is 3.06. The summed E-state index contributed by atoms with van der Waals surface area (Å²) in [6, 6.07) is 0. The van der Waals surface area contributed by atoms with Crippen LogP contribution in [0.1, 0.15) is 20.9 Å². The summed E-state index contributed by atoms with van der Waals surface area (Å²) < 4.78 is 1.70. The summed E-state index contributed by atoms with van der Waals surface area (Å²) in [5, 5.41) is 4.02. The normalized spacial score (nSPS) is 11.1. The van der Waals surface area contributed by atoms with Crippen LogP contribution in [-0.2, 0) is 7.05 Å². The van der Waals surface area contributed by atoms with E-state index in [9.17, 15) is 4.79 Å². The molecule has 0 saturated carbocycles. The number of hydrogen-bond donors (Lipinski definition) is 0. The Morgan fingerprint density at radius 1 is 1.56 bits per heavy atom. The van der Waals surface area contributed by atoms with Crippen molar-refractivity contribution in [3.05, 3.63) is 40.1 Å². The average Bonchev–Trinajstić information content (AvgIpc) is 2.84. The van der Waals surface area contributed by atoms with E-state index in [-0.39, 0.29) is 5.78 Å². The maximum absolute atomic E-state index is 11.8. The van der Waals surface area contributed by atoms with Gasteiger partial charge in [0.05, 0.1) is 22.3 Å². The molecule has 0 aliphatic rings.